The summed E-state index contributed by atoms with van der Waals surface area (Å²) in [5, 5.41) is 0. The number of hydrogen-bond acceptors (Lipinski definition) is 5. The van der Waals surface area contributed by atoms with Crippen molar-refractivity contribution in [1.82, 2.24) is 10.9 Å². The standard InChI is InChI=1S/C20H24N2O5/c1-4-10-27-17-9-8-15(13-18(17)26-3)20(24)22-21-19(23)12-14-6-5-7-16(11-14)25-2/h5-9,11,13H,4,10,12H2,1-3H3,(H,21,23)(H,22,24). The van der Waals surface area contributed by atoms with Crippen molar-refractivity contribution in [2.24, 2.45) is 0 Å². The largest absolute Gasteiger partial charge is 0.497 e. The fraction of sp³-hybridized carbons (Fsp3) is 0.300. The minimum Gasteiger partial charge on any atom is -0.497 e. The first-order valence-corrected chi connectivity index (χ1v) is 8.60. The molecule has 0 saturated heterocycles. The van der Waals surface area contributed by atoms with Gasteiger partial charge in [0.2, 0.25) is 5.91 Å². The van der Waals surface area contributed by atoms with Gasteiger partial charge in [0.25, 0.3) is 5.91 Å². The summed E-state index contributed by atoms with van der Waals surface area (Å²) < 4.78 is 15.9. The normalized spacial score (nSPS) is 10.0. The Labute approximate surface area is 158 Å². The van der Waals surface area contributed by atoms with Gasteiger partial charge in [-0.1, -0.05) is 19.1 Å². The maximum absolute atomic E-state index is 12.3. The number of carbonyl (C=O) groups excluding carboxylic acids is 2. The van der Waals surface area contributed by atoms with Crippen LogP contribution in [0.4, 0.5) is 0 Å². The summed E-state index contributed by atoms with van der Waals surface area (Å²) in [6, 6.07) is 12.0. The predicted octanol–water partition coefficient (Wildman–Crippen LogP) is 2.50. The highest BCUT2D eigenvalue weighted by Crippen LogP contribution is 2.28. The van der Waals surface area contributed by atoms with Gasteiger partial charge in [0.05, 0.1) is 27.2 Å². The van der Waals surface area contributed by atoms with Crippen molar-refractivity contribution < 1.29 is 23.8 Å². The van der Waals surface area contributed by atoms with Crippen LogP contribution in [0.15, 0.2) is 42.5 Å². The van der Waals surface area contributed by atoms with Crippen LogP contribution >= 0.6 is 0 Å². The van der Waals surface area contributed by atoms with E-state index in [9.17, 15) is 9.59 Å². The second-order valence-corrected chi connectivity index (χ2v) is 5.74. The maximum atomic E-state index is 12.3. The fourth-order valence-corrected chi connectivity index (χ4v) is 2.35. The minimum atomic E-state index is -0.450. The number of nitrogens with one attached hydrogen (secondary N) is 2. The van der Waals surface area contributed by atoms with Gasteiger partial charge in [0.15, 0.2) is 11.5 Å². The van der Waals surface area contributed by atoms with Gasteiger partial charge < -0.3 is 14.2 Å². The Morgan fingerprint density at radius 2 is 1.78 bits per heavy atom. The van der Waals surface area contributed by atoms with Crippen LogP contribution in [0, 0.1) is 0 Å². The highest BCUT2D eigenvalue weighted by molar-refractivity contribution is 5.96. The molecule has 2 aromatic carbocycles. The lowest BCUT2D eigenvalue weighted by molar-refractivity contribution is -0.121. The van der Waals surface area contributed by atoms with Gasteiger partial charge in [0.1, 0.15) is 5.75 Å². The van der Waals surface area contributed by atoms with E-state index in [1.165, 1.54) is 7.11 Å². The van der Waals surface area contributed by atoms with Crippen molar-refractivity contribution >= 4 is 11.8 Å². The molecule has 0 unspecified atom stereocenters. The van der Waals surface area contributed by atoms with E-state index in [4.69, 9.17) is 14.2 Å². The van der Waals surface area contributed by atoms with E-state index in [2.05, 4.69) is 10.9 Å². The van der Waals surface area contributed by atoms with Crippen molar-refractivity contribution in [2.45, 2.75) is 19.8 Å². The van der Waals surface area contributed by atoms with E-state index in [0.29, 0.717) is 29.4 Å². The molecule has 2 N–H and O–H groups in total. The third-order valence-electron chi connectivity index (χ3n) is 3.70. The van der Waals surface area contributed by atoms with Crippen molar-refractivity contribution in [3.63, 3.8) is 0 Å². The van der Waals surface area contributed by atoms with Gasteiger partial charge >= 0.3 is 0 Å². The summed E-state index contributed by atoms with van der Waals surface area (Å²) in [6.07, 6.45) is 0.981. The van der Waals surface area contributed by atoms with E-state index in [1.54, 1.807) is 43.5 Å². The monoisotopic (exact) mass is 372 g/mol. The molecule has 0 radical (unpaired) electrons. The highest BCUT2D eigenvalue weighted by atomic mass is 16.5. The molecule has 144 valence electrons. The van der Waals surface area contributed by atoms with Crippen molar-refractivity contribution in [3.8, 4) is 17.2 Å². The summed E-state index contributed by atoms with van der Waals surface area (Å²) in [4.78, 5) is 24.3. The first kappa shape index (κ1) is 20.1. The fourth-order valence-electron chi connectivity index (χ4n) is 2.35. The third kappa shape index (κ3) is 5.91. The number of rotatable bonds is 8. The van der Waals surface area contributed by atoms with E-state index in [-0.39, 0.29) is 12.3 Å². The molecule has 0 atom stereocenters. The average Bonchev–Trinajstić information content (AvgIpc) is 2.70. The topological polar surface area (TPSA) is 85.9 Å². The molecule has 0 aliphatic heterocycles. The summed E-state index contributed by atoms with van der Waals surface area (Å²) in [5.41, 5.74) is 5.92. The Bertz CT molecular complexity index is 792. The lowest BCUT2D eigenvalue weighted by Crippen LogP contribution is -2.42. The molecule has 0 aliphatic carbocycles. The Morgan fingerprint density at radius 1 is 0.963 bits per heavy atom. The van der Waals surface area contributed by atoms with Crippen LogP contribution in [-0.2, 0) is 11.2 Å². The van der Waals surface area contributed by atoms with Crippen molar-refractivity contribution in [1.29, 1.82) is 0 Å². The Kier molecular flexibility index (Phi) is 7.49. The van der Waals surface area contributed by atoms with Crippen LogP contribution in [0.25, 0.3) is 0 Å². The van der Waals surface area contributed by atoms with Crippen LogP contribution in [0.2, 0.25) is 0 Å². The molecule has 27 heavy (non-hydrogen) atoms. The lowest BCUT2D eigenvalue weighted by Gasteiger charge is -2.12. The zero-order valence-electron chi connectivity index (χ0n) is 15.7. The van der Waals surface area contributed by atoms with E-state index < -0.39 is 5.91 Å². The number of ether oxygens (including phenoxy) is 3. The van der Waals surface area contributed by atoms with E-state index >= 15 is 0 Å². The number of hydrogen-bond donors (Lipinski definition) is 2. The Morgan fingerprint density at radius 3 is 2.48 bits per heavy atom. The molecule has 0 spiro atoms. The molecule has 0 heterocycles. The molecule has 0 bridgehead atoms. The molecule has 2 amide bonds. The summed E-state index contributed by atoms with van der Waals surface area (Å²) in [5.74, 6) is 0.902. The molecule has 0 fully saturated rings. The van der Waals surface area contributed by atoms with Crippen molar-refractivity contribution in [2.75, 3.05) is 20.8 Å². The van der Waals surface area contributed by atoms with Crippen LogP contribution < -0.4 is 25.1 Å². The number of carbonyl (C=O) groups is 2. The average molecular weight is 372 g/mol. The maximum Gasteiger partial charge on any atom is 0.269 e. The first-order chi connectivity index (χ1) is 13.1. The van der Waals surface area contributed by atoms with Crippen LogP contribution in [0.5, 0.6) is 17.2 Å². The lowest BCUT2D eigenvalue weighted by atomic mass is 10.1. The highest BCUT2D eigenvalue weighted by Gasteiger charge is 2.12. The Hall–Kier alpha value is -3.22. The van der Waals surface area contributed by atoms with Crippen LogP contribution in [-0.4, -0.2) is 32.6 Å². The molecule has 7 nitrogen and oxygen atoms in total. The molecular formula is C20H24N2O5. The molecule has 7 heteroatoms. The van der Waals surface area contributed by atoms with Gasteiger partial charge in [-0.3, -0.25) is 20.4 Å². The minimum absolute atomic E-state index is 0.116. The molecule has 2 aromatic rings. The SMILES string of the molecule is CCCOc1ccc(C(=O)NNC(=O)Cc2cccc(OC)c2)cc1OC. The molecule has 2 rings (SSSR count). The van der Waals surface area contributed by atoms with Crippen LogP contribution in [0.3, 0.4) is 0 Å². The summed E-state index contributed by atoms with van der Waals surface area (Å²) in [6.45, 7) is 2.56. The first-order valence-electron chi connectivity index (χ1n) is 8.60. The smallest absolute Gasteiger partial charge is 0.269 e. The van der Waals surface area contributed by atoms with Gasteiger partial charge in [-0.25, -0.2) is 0 Å². The molecule has 0 saturated carbocycles. The molecular weight excluding hydrogens is 348 g/mol. The zero-order valence-corrected chi connectivity index (χ0v) is 15.7. The quantitative estimate of drug-likeness (QED) is 0.696. The second-order valence-electron chi connectivity index (χ2n) is 5.74. The van der Waals surface area contributed by atoms with E-state index in [0.717, 1.165) is 12.0 Å². The summed E-state index contributed by atoms with van der Waals surface area (Å²) in [7, 11) is 3.07. The van der Waals surface area contributed by atoms with Gasteiger partial charge in [0, 0.05) is 5.56 Å². The third-order valence-corrected chi connectivity index (χ3v) is 3.70. The zero-order chi connectivity index (χ0) is 19.6. The Balaban J connectivity index is 1.93. The number of hydrazine groups is 1. The summed E-state index contributed by atoms with van der Waals surface area (Å²) >= 11 is 0. The number of amides is 2. The number of methoxy groups -OCH3 is 2. The van der Waals surface area contributed by atoms with Crippen LogP contribution in [0.1, 0.15) is 29.3 Å². The molecule has 0 aliphatic rings. The molecule has 0 aromatic heterocycles. The van der Waals surface area contributed by atoms with E-state index in [1.807, 2.05) is 13.0 Å². The number of benzene rings is 2. The van der Waals surface area contributed by atoms with Gasteiger partial charge in [-0.2, -0.15) is 0 Å². The van der Waals surface area contributed by atoms with Gasteiger partial charge in [-0.15, -0.1) is 0 Å². The second kappa shape index (κ2) is 10.1. The van der Waals surface area contributed by atoms with Crippen molar-refractivity contribution in [3.05, 3.63) is 53.6 Å². The van der Waals surface area contributed by atoms with Gasteiger partial charge in [-0.05, 0) is 42.3 Å². The predicted molar refractivity (Wildman–Crippen MR) is 101 cm³/mol.